The fourth-order valence-corrected chi connectivity index (χ4v) is 3.78. The number of hydrogen-bond donors (Lipinski definition) is 0. The summed E-state index contributed by atoms with van der Waals surface area (Å²) < 4.78 is 22.5. The van der Waals surface area contributed by atoms with Gasteiger partial charge < -0.3 is 0 Å². The third kappa shape index (κ3) is 3.89. The molecule has 2 rings (SSSR count). The van der Waals surface area contributed by atoms with E-state index in [1.807, 2.05) is 0 Å². The Morgan fingerprint density at radius 1 is 1.57 bits per heavy atom. The Hall–Kier alpha value is -1.26. The van der Waals surface area contributed by atoms with Crippen molar-refractivity contribution in [3.05, 3.63) is 26.9 Å². The highest BCUT2D eigenvalue weighted by Crippen LogP contribution is 2.33. The summed E-state index contributed by atoms with van der Waals surface area (Å²) in [7, 11) is 1.43. The van der Waals surface area contributed by atoms with E-state index in [-0.39, 0.29) is 30.2 Å². The van der Waals surface area contributed by atoms with Crippen LogP contribution >= 0.6 is 26.6 Å². The number of pyridine rings is 1. The number of nitrogens with zero attached hydrogens (tertiary/aromatic N) is 3. The molecule has 1 fully saturated rings. The Labute approximate surface area is 132 Å². The lowest BCUT2D eigenvalue weighted by Gasteiger charge is -2.15. The van der Waals surface area contributed by atoms with Crippen molar-refractivity contribution in [2.75, 3.05) is 17.2 Å². The van der Waals surface area contributed by atoms with Crippen molar-refractivity contribution in [1.82, 2.24) is 4.98 Å². The fraction of sp³-hybridized carbons (Fsp3) is 0.400. The monoisotopic (exact) mass is 397 g/mol. The molecule has 0 N–H and O–H groups in total. The quantitative estimate of drug-likeness (QED) is 0.433. The summed E-state index contributed by atoms with van der Waals surface area (Å²) in [5.41, 5.74) is -0.327. The predicted molar refractivity (Wildman–Crippen MR) is 78.7 cm³/mol. The van der Waals surface area contributed by atoms with Crippen LogP contribution in [0.15, 0.2) is 16.7 Å². The minimum Gasteiger partial charge on any atom is -0.291 e. The molecule has 1 saturated heterocycles. The second-order valence-electron chi connectivity index (χ2n) is 4.53. The molecule has 1 aliphatic heterocycles. The zero-order valence-corrected chi connectivity index (χ0v) is 13.6. The first-order valence-electron chi connectivity index (χ1n) is 5.70. The zero-order valence-electron chi connectivity index (χ0n) is 10.4. The lowest BCUT2D eigenvalue weighted by molar-refractivity contribution is -0.384. The molecule has 1 amide bonds. The summed E-state index contributed by atoms with van der Waals surface area (Å²) in [5, 5.41) is 11.0. The van der Waals surface area contributed by atoms with Gasteiger partial charge in [-0.05, 0) is 15.9 Å². The zero-order chi connectivity index (χ0) is 15.8. The third-order valence-corrected chi connectivity index (χ3v) is 4.59. The molecule has 0 aromatic carbocycles. The summed E-state index contributed by atoms with van der Waals surface area (Å²) in [4.78, 5) is 27.4. The average Bonchev–Trinajstić information content (AvgIpc) is 2.67. The van der Waals surface area contributed by atoms with Crippen molar-refractivity contribution in [2.45, 2.75) is 6.42 Å². The van der Waals surface area contributed by atoms with Crippen molar-refractivity contribution in [3.8, 4) is 0 Å². The molecule has 21 heavy (non-hydrogen) atoms. The van der Waals surface area contributed by atoms with E-state index >= 15 is 0 Å². The van der Waals surface area contributed by atoms with E-state index in [2.05, 4.69) is 20.9 Å². The van der Waals surface area contributed by atoms with Crippen LogP contribution in [0, 0.1) is 16.0 Å². The van der Waals surface area contributed by atoms with Crippen LogP contribution in [0.25, 0.3) is 0 Å². The highest BCUT2D eigenvalue weighted by Gasteiger charge is 2.37. The van der Waals surface area contributed by atoms with Crippen molar-refractivity contribution in [2.24, 2.45) is 5.92 Å². The summed E-state index contributed by atoms with van der Waals surface area (Å²) in [6.07, 6.45) is 1.29. The second kappa shape index (κ2) is 5.85. The van der Waals surface area contributed by atoms with Crippen LogP contribution in [0.3, 0.4) is 0 Å². The number of carbonyl (C=O) groups is 1. The van der Waals surface area contributed by atoms with Crippen LogP contribution in [0.4, 0.5) is 11.5 Å². The molecule has 8 nitrogen and oxygen atoms in total. The van der Waals surface area contributed by atoms with Crippen LogP contribution in [0.1, 0.15) is 6.42 Å². The first-order valence-corrected chi connectivity index (χ1v) is 8.97. The summed E-state index contributed by atoms with van der Waals surface area (Å²) in [6.45, 7) is 0.0280. The topological polar surface area (TPSA) is 110 Å². The summed E-state index contributed by atoms with van der Waals surface area (Å²) in [6, 6.07) is 1.24. The molecule has 0 saturated carbocycles. The van der Waals surface area contributed by atoms with Gasteiger partial charge in [-0.25, -0.2) is 13.4 Å². The van der Waals surface area contributed by atoms with Gasteiger partial charge in [-0.15, -0.1) is 0 Å². The summed E-state index contributed by atoms with van der Waals surface area (Å²) >= 11 is 3.07. The van der Waals surface area contributed by atoms with Crippen molar-refractivity contribution >= 4 is 53.1 Å². The van der Waals surface area contributed by atoms with E-state index in [1.165, 1.54) is 12.3 Å². The lowest BCUT2D eigenvalue weighted by Crippen LogP contribution is -2.27. The number of carbonyl (C=O) groups excluding carboxylic acids is 1. The van der Waals surface area contributed by atoms with E-state index in [4.69, 9.17) is 10.7 Å². The molecule has 0 bridgehead atoms. The molecule has 1 aromatic rings. The minimum atomic E-state index is -3.74. The number of rotatable bonds is 4. The van der Waals surface area contributed by atoms with Crippen molar-refractivity contribution in [3.63, 3.8) is 0 Å². The van der Waals surface area contributed by atoms with Crippen LogP contribution in [-0.2, 0) is 13.8 Å². The molecule has 1 aliphatic rings. The van der Waals surface area contributed by atoms with Gasteiger partial charge in [0.05, 0.1) is 10.7 Å². The Morgan fingerprint density at radius 2 is 2.24 bits per heavy atom. The van der Waals surface area contributed by atoms with E-state index in [0.717, 1.165) is 4.90 Å². The van der Waals surface area contributed by atoms with Crippen LogP contribution < -0.4 is 4.90 Å². The number of amides is 1. The molecule has 114 valence electrons. The Kier molecular flexibility index (Phi) is 4.49. The third-order valence-electron chi connectivity index (χ3n) is 2.91. The van der Waals surface area contributed by atoms with Crippen LogP contribution in [0.5, 0.6) is 0 Å². The largest absolute Gasteiger partial charge is 0.313 e. The first kappa shape index (κ1) is 16.1. The van der Waals surface area contributed by atoms with Gasteiger partial charge in [0.15, 0.2) is 0 Å². The number of aromatic nitrogens is 1. The minimum absolute atomic E-state index is 0.0280. The van der Waals surface area contributed by atoms with Crippen molar-refractivity contribution < 1.29 is 18.1 Å². The highest BCUT2D eigenvalue weighted by atomic mass is 79.9. The van der Waals surface area contributed by atoms with Gasteiger partial charge >= 0.3 is 5.69 Å². The smallest absolute Gasteiger partial charge is 0.291 e. The molecule has 1 unspecified atom stereocenters. The lowest BCUT2D eigenvalue weighted by atomic mass is 10.1. The second-order valence-corrected chi connectivity index (χ2v) is 8.27. The van der Waals surface area contributed by atoms with Gasteiger partial charge in [-0.1, -0.05) is 0 Å². The summed E-state index contributed by atoms with van der Waals surface area (Å²) in [5.74, 6) is -1.38. The van der Waals surface area contributed by atoms with Gasteiger partial charge in [0.1, 0.15) is 0 Å². The predicted octanol–water partition coefficient (Wildman–Crippen LogP) is 1.67. The Bertz CT molecular complexity index is 711. The molecular formula is C10H9BrClN3O5S. The van der Waals surface area contributed by atoms with Crippen molar-refractivity contribution in [1.29, 1.82) is 0 Å². The molecule has 0 aliphatic carbocycles. The van der Waals surface area contributed by atoms with Gasteiger partial charge in [-0.3, -0.25) is 19.8 Å². The van der Waals surface area contributed by atoms with Crippen LogP contribution in [-0.4, -0.2) is 36.5 Å². The maximum absolute atomic E-state index is 11.9. The van der Waals surface area contributed by atoms with Crippen LogP contribution in [0.2, 0.25) is 0 Å². The molecule has 0 radical (unpaired) electrons. The normalized spacial score (nSPS) is 19.0. The fourth-order valence-electron chi connectivity index (χ4n) is 2.14. The van der Waals surface area contributed by atoms with Gasteiger partial charge in [-0.2, -0.15) is 0 Å². The number of halogens is 2. The first-order chi connectivity index (χ1) is 9.67. The van der Waals surface area contributed by atoms with Gasteiger partial charge in [0.25, 0.3) is 0 Å². The van der Waals surface area contributed by atoms with E-state index in [1.54, 1.807) is 0 Å². The Morgan fingerprint density at radius 3 is 2.81 bits per heavy atom. The number of anilines is 1. The Balaban J connectivity index is 2.31. The van der Waals surface area contributed by atoms with E-state index < -0.39 is 25.8 Å². The molecule has 1 atom stereocenters. The SMILES string of the molecule is O=C1CC(CS(=O)(=O)Cl)CN1c1ncc(Br)cc1[N+](=O)[O-]. The van der Waals surface area contributed by atoms with E-state index in [9.17, 15) is 23.3 Å². The molecule has 2 heterocycles. The average molecular weight is 399 g/mol. The molecule has 1 aromatic heterocycles. The maximum Gasteiger partial charge on any atom is 0.313 e. The number of hydrogen-bond acceptors (Lipinski definition) is 6. The maximum atomic E-state index is 11.9. The highest BCUT2D eigenvalue weighted by molar-refractivity contribution is 9.10. The molecule has 0 spiro atoms. The molecule has 11 heteroatoms. The van der Waals surface area contributed by atoms with Gasteiger partial charge in [0.2, 0.25) is 20.8 Å². The standard InChI is InChI=1S/C10H9BrClN3O5S/c11-7-2-8(15(17)18)10(13-3-7)14-4-6(1-9(14)16)5-21(12,19)20/h2-3,6H,1,4-5H2. The van der Waals surface area contributed by atoms with E-state index in [0.29, 0.717) is 4.47 Å². The number of nitro groups is 1. The molecular weight excluding hydrogens is 390 g/mol. The van der Waals surface area contributed by atoms with Gasteiger partial charge in [0, 0.05) is 46.3 Å².